The molecular weight excluding hydrogens is 757 g/mol. The summed E-state index contributed by atoms with van der Waals surface area (Å²) in [4.78, 5) is 37.9. The van der Waals surface area contributed by atoms with Gasteiger partial charge in [-0.2, -0.15) is 0 Å². The third-order valence-electron chi connectivity index (χ3n) is 10.7. The highest BCUT2D eigenvalue weighted by Gasteiger charge is 2.19. The zero-order valence-electron chi connectivity index (χ0n) is 39.9. The molecule has 0 rings (SSSR count). The molecule has 0 aliphatic carbocycles. The standard InChI is InChI=1S/C55H94O6/c1-4-7-10-13-16-19-22-25-27-30-33-36-39-42-45-48-54(57)60-51-52(50-59-53(56)47-44-41-38-35-32-29-24-21-18-15-12-9-6-3)61-55(58)49-46-43-40-37-34-31-28-26-23-20-17-14-11-8-5-2/h16-17,19-21,24-28,33,36,52H,4-15,18,22-23,29-32,34-35,37-51H2,1-3H3/b19-16-,20-17-,24-21-,27-25-,28-26-,36-33-/t52-/m1/s1. The fourth-order valence-corrected chi connectivity index (χ4v) is 6.77. The number of hydrogen-bond donors (Lipinski definition) is 0. The number of carbonyl (C=O) groups excluding carboxylic acids is 3. The number of unbranched alkanes of at least 4 members (excludes halogenated alkanes) is 22. The van der Waals surface area contributed by atoms with E-state index in [2.05, 4.69) is 93.7 Å². The minimum atomic E-state index is -0.800. The molecule has 0 saturated carbocycles. The lowest BCUT2D eigenvalue weighted by atomic mass is 10.1. The Labute approximate surface area is 376 Å². The molecule has 0 fully saturated rings. The van der Waals surface area contributed by atoms with E-state index in [9.17, 15) is 14.4 Å². The quantitative estimate of drug-likeness (QED) is 0.0263. The summed E-state index contributed by atoms with van der Waals surface area (Å²) >= 11 is 0. The van der Waals surface area contributed by atoms with Crippen molar-refractivity contribution in [1.29, 1.82) is 0 Å². The number of carbonyl (C=O) groups is 3. The molecule has 0 aromatic heterocycles. The average Bonchev–Trinajstić information content (AvgIpc) is 3.26. The van der Waals surface area contributed by atoms with Crippen LogP contribution in [0.4, 0.5) is 0 Å². The van der Waals surface area contributed by atoms with E-state index in [1.165, 1.54) is 96.3 Å². The van der Waals surface area contributed by atoms with Gasteiger partial charge in [0.1, 0.15) is 13.2 Å². The molecule has 6 nitrogen and oxygen atoms in total. The van der Waals surface area contributed by atoms with Crippen LogP contribution in [0.2, 0.25) is 0 Å². The molecule has 0 aromatic rings. The van der Waals surface area contributed by atoms with Crippen LogP contribution in [0.5, 0.6) is 0 Å². The lowest BCUT2D eigenvalue weighted by Gasteiger charge is -2.18. The fourth-order valence-electron chi connectivity index (χ4n) is 6.77. The maximum Gasteiger partial charge on any atom is 0.306 e. The van der Waals surface area contributed by atoms with E-state index >= 15 is 0 Å². The largest absolute Gasteiger partial charge is 0.462 e. The SMILES string of the molecule is CCCCC/C=C\C/C=C\C/C=C\CCCCC(=O)OC[C@@H](COC(=O)CCCCCCC/C=C\CCCCCC)OC(=O)CCCCCCC/C=C\C/C=C\CCCCC. The van der Waals surface area contributed by atoms with Crippen molar-refractivity contribution >= 4 is 17.9 Å². The van der Waals surface area contributed by atoms with E-state index in [1.54, 1.807) is 0 Å². The monoisotopic (exact) mass is 851 g/mol. The maximum absolute atomic E-state index is 12.8. The summed E-state index contributed by atoms with van der Waals surface area (Å²) in [6, 6.07) is 0. The van der Waals surface area contributed by atoms with Crippen molar-refractivity contribution in [3.8, 4) is 0 Å². The van der Waals surface area contributed by atoms with Crippen molar-refractivity contribution in [3.05, 3.63) is 72.9 Å². The average molecular weight is 851 g/mol. The van der Waals surface area contributed by atoms with Crippen LogP contribution in [-0.4, -0.2) is 37.2 Å². The zero-order valence-corrected chi connectivity index (χ0v) is 39.9. The van der Waals surface area contributed by atoms with Crippen LogP contribution in [0.15, 0.2) is 72.9 Å². The second kappa shape index (κ2) is 49.5. The number of hydrogen-bond acceptors (Lipinski definition) is 6. The Balaban J connectivity index is 4.49. The molecule has 0 saturated heterocycles. The predicted molar refractivity (Wildman–Crippen MR) is 261 cm³/mol. The zero-order chi connectivity index (χ0) is 44.4. The van der Waals surface area contributed by atoms with Gasteiger partial charge >= 0.3 is 17.9 Å². The molecule has 0 unspecified atom stereocenters. The van der Waals surface area contributed by atoms with E-state index in [4.69, 9.17) is 14.2 Å². The van der Waals surface area contributed by atoms with E-state index in [1.807, 2.05) is 0 Å². The van der Waals surface area contributed by atoms with Crippen molar-refractivity contribution in [2.24, 2.45) is 0 Å². The summed E-state index contributed by atoms with van der Waals surface area (Å²) in [7, 11) is 0. The lowest BCUT2D eigenvalue weighted by molar-refractivity contribution is -0.167. The molecule has 6 heteroatoms. The summed E-state index contributed by atoms with van der Waals surface area (Å²) in [5.41, 5.74) is 0. The lowest BCUT2D eigenvalue weighted by Crippen LogP contribution is -2.30. The van der Waals surface area contributed by atoms with Crippen LogP contribution in [0.25, 0.3) is 0 Å². The second-order valence-corrected chi connectivity index (χ2v) is 16.7. The number of ether oxygens (including phenoxy) is 3. The van der Waals surface area contributed by atoms with Gasteiger partial charge in [0.2, 0.25) is 0 Å². The van der Waals surface area contributed by atoms with Crippen molar-refractivity contribution in [1.82, 2.24) is 0 Å². The smallest absolute Gasteiger partial charge is 0.306 e. The van der Waals surface area contributed by atoms with Gasteiger partial charge in [-0.05, 0) is 116 Å². The molecule has 0 spiro atoms. The van der Waals surface area contributed by atoms with Gasteiger partial charge in [0, 0.05) is 19.3 Å². The third kappa shape index (κ3) is 47.7. The highest BCUT2D eigenvalue weighted by Crippen LogP contribution is 2.13. The summed E-state index contributed by atoms with van der Waals surface area (Å²) in [5.74, 6) is -0.960. The van der Waals surface area contributed by atoms with Crippen LogP contribution in [0.3, 0.4) is 0 Å². The molecule has 1 atom stereocenters. The molecule has 0 aliphatic heterocycles. The molecule has 61 heavy (non-hydrogen) atoms. The van der Waals surface area contributed by atoms with E-state index < -0.39 is 6.10 Å². The second-order valence-electron chi connectivity index (χ2n) is 16.7. The number of allylic oxidation sites excluding steroid dienone is 12. The van der Waals surface area contributed by atoms with Crippen LogP contribution in [0, 0.1) is 0 Å². The summed E-state index contributed by atoms with van der Waals surface area (Å²) < 4.78 is 16.7. The van der Waals surface area contributed by atoms with Crippen LogP contribution >= 0.6 is 0 Å². The Kier molecular flexibility index (Phi) is 46.9. The van der Waals surface area contributed by atoms with E-state index in [-0.39, 0.29) is 31.1 Å². The maximum atomic E-state index is 12.8. The molecule has 0 bridgehead atoms. The first kappa shape index (κ1) is 57.9. The Morgan fingerprint density at radius 2 is 0.590 bits per heavy atom. The molecule has 0 radical (unpaired) electrons. The van der Waals surface area contributed by atoms with Crippen molar-refractivity contribution < 1.29 is 28.6 Å². The Morgan fingerprint density at radius 1 is 0.328 bits per heavy atom. The number of rotatable bonds is 45. The van der Waals surface area contributed by atoms with Crippen molar-refractivity contribution in [3.63, 3.8) is 0 Å². The molecule has 350 valence electrons. The molecule has 0 heterocycles. The number of esters is 3. The van der Waals surface area contributed by atoms with Gasteiger partial charge in [0.25, 0.3) is 0 Å². The Morgan fingerprint density at radius 3 is 1.00 bits per heavy atom. The van der Waals surface area contributed by atoms with Gasteiger partial charge in [-0.25, -0.2) is 0 Å². The fraction of sp³-hybridized carbons (Fsp3) is 0.727. The topological polar surface area (TPSA) is 78.9 Å². The van der Waals surface area contributed by atoms with Gasteiger partial charge in [0.15, 0.2) is 6.10 Å². The normalized spacial score (nSPS) is 12.6. The minimum Gasteiger partial charge on any atom is -0.462 e. The predicted octanol–water partition coefficient (Wildman–Crippen LogP) is 16.6. The first-order chi connectivity index (χ1) is 30.0. The summed E-state index contributed by atoms with van der Waals surface area (Å²) in [5, 5.41) is 0. The van der Waals surface area contributed by atoms with Crippen LogP contribution in [0.1, 0.15) is 239 Å². The van der Waals surface area contributed by atoms with Gasteiger partial charge in [-0.3, -0.25) is 14.4 Å². The minimum absolute atomic E-state index is 0.0979. The van der Waals surface area contributed by atoms with Gasteiger partial charge in [-0.15, -0.1) is 0 Å². The van der Waals surface area contributed by atoms with Crippen molar-refractivity contribution in [2.75, 3.05) is 13.2 Å². The molecule has 0 aliphatic rings. The Bertz CT molecular complexity index is 1160. The van der Waals surface area contributed by atoms with Gasteiger partial charge in [-0.1, -0.05) is 177 Å². The third-order valence-corrected chi connectivity index (χ3v) is 10.7. The van der Waals surface area contributed by atoms with Crippen LogP contribution < -0.4 is 0 Å². The highest BCUT2D eigenvalue weighted by molar-refractivity contribution is 5.71. The van der Waals surface area contributed by atoms with E-state index in [0.29, 0.717) is 19.3 Å². The first-order valence-electron chi connectivity index (χ1n) is 25.4. The molecule has 0 N–H and O–H groups in total. The Hall–Kier alpha value is -3.15. The first-order valence-corrected chi connectivity index (χ1v) is 25.4. The van der Waals surface area contributed by atoms with Crippen molar-refractivity contribution in [2.45, 2.75) is 245 Å². The molecular formula is C55H94O6. The van der Waals surface area contributed by atoms with Gasteiger partial charge in [0.05, 0.1) is 0 Å². The van der Waals surface area contributed by atoms with E-state index in [0.717, 1.165) is 103 Å². The highest BCUT2D eigenvalue weighted by atomic mass is 16.6. The van der Waals surface area contributed by atoms with Crippen LogP contribution in [-0.2, 0) is 28.6 Å². The molecule has 0 aromatic carbocycles. The molecule has 0 amide bonds. The van der Waals surface area contributed by atoms with Gasteiger partial charge < -0.3 is 14.2 Å². The summed E-state index contributed by atoms with van der Waals surface area (Å²) in [6.45, 7) is 6.51. The summed E-state index contributed by atoms with van der Waals surface area (Å²) in [6.07, 6.45) is 61.6.